The Morgan fingerprint density at radius 1 is 1.17 bits per heavy atom. The van der Waals surface area contributed by atoms with Crippen LogP contribution in [-0.2, 0) is 0 Å². The molecule has 0 radical (unpaired) electrons. The number of hydrogen-bond donors (Lipinski definition) is 1. The van der Waals surface area contributed by atoms with Crippen LogP contribution in [0.1, 0.15) is 19.3 Å². The van der Waals surface area contributed by atoms with Crippen LogP contribution in [0, 0.1) is 0 Å². The van der Waals surface area contributed by atoms with E-state index >= 15 is 0 Å². The highest BCUT2D eigenvalue weighted by Crippen LogP contribution is 2.24. The lowest BCUT2D eigenvalue weighted by Gasteiger charge is -2.30. The Bertz CT molecular complexity index is 143. The number of hydrogen-bond acceptors (Lipinski definition) is 3. The fourth-order valence-corrected chi connectivity index (χ4v) is 3.28. The van der Waals surface area contributed by atoms with E-state index in [0.717, 1.165) is 12.6 Å². The largest absolute Gasteiger partial charge is 0.326 e. The molecule has 1 atom stereocenters. The van der Waals surface area contributed by atoms with E-state index in [1.54, 1.807) is 0 Å². The maximum Gasteiger partial charge on any atom is 0.0180 e. The zero-order valence-corrected chi connectivity index (χ0v) is 8.35. The molecule has 0 amide bonds. The van der Waals surface area contributed by atoms with Crippen molar-refractivity contribution >= 4 is 11.8 Å². The molecule has 70 valence electrons. The smallest absolute Gasteiger partial charge is 0.0180 e. The molecular weight excluding hydrogens is 168 g/mol. The third-order valence-electron chi connectivity index (χ3n) is 2.96. The summed E-state index contributed by atoms with van der Waals surface area (Å²) in [7, 11) is 0. The average molecular weight is 186 g/mol. The summed E-state index contributed by atoms with van der Waals surface area (Å²) >= 11 is 2.10. The van der Waals surface area contributed by atoms with E-state index in [1.807, 2.05) is 0 Å². The van der Waals surface area contributed by atoms with Gasteiger partial charge in [0.15, 0.2) is 0 Å². The lowest BCUT2D eigenvalue weighted by atomic mass is 10.1. The Hall–Kier alpha value is 0.270. The summed E-state index contributed by atoms with van der Waals surface area (Å²) in [5, 5.41) is 0. The van der Waals surface area contributed by atoms with Gasteiger partial charge in [-0.2, -0.15) is 11.8 Å². The quantitative estimate of drug-likeness (QED) is 0.660. The van der Waals surface area contributed by atoms with Crippen LogP contribution in [-0.4, -0.2) is 41.6 Å². The van der Waals surface area contributed by atoms with Gasteiger partial charge in [-0.1, -0.05) is 0 Å². The van der Waals surface area contributed by atoms with Crippen molar-refractivity contribution in [1.82, 2.24) is 4.90 Å². The van der Waals surface area contributed by atoms with Crippen molar-refractivity contribution in [3.8, 4) is 0 Å². The molecule has 2 aliphatic rings. The Balaban J connectivity index is 1.83. The predicted molar refractivity (Wildman–Crippen MR) is 54.5 cm³/mol. The second-order valence-electron chi connectivity index (χ2n) is 3.89. The van der Waals surface area contributed by atoms with Gasteiger partial charge in [-0.15, -0.1) is 0 Å². The lowest BCUT2D eigenvalue weighted by molar-refractivity contribution is 0.227. The van der Waals surface area contributed by atoms with E-state index in [2.05, 4.69) is 16.7 Å². The van der Waals surface area contributed by atoms with Crippen LogP contribution in [0.5, 0.6) is 0 Å². The first kappa shape index (κ1) is 8.85. The van der Waals surface area contributed by atoms with E-state index in [4.69, 9.17) is 5.73 Å². The molecule has 3 heteroatoms. The van der Waals surface area contributed by atoms with Crippen LogP contribution in [0.25, 0.3) is 0 Å². The van der Waals surface area contributed by atoms with Gasteiger partial charge >= 0.3 is 0 Å². The molecule has 0 aromatic carbocycles. The molecule has 0 aromatic rings. The fourth-order valence-electron chi connectivity index (χ4n) is 2.20. The molecule has 0 unspecified atom stereocenters. The van der Waals surface area contributed by atoms with Crippen LogP contribution in [0.2, 0.25) is 0 Å². The Kier molecular flexibility index (Phi) is 2.94. The molecular formula is C9H18N2S. The van der Waals surface area contributed by atoms with Crippen molar-refractivity contribution in [1.29, 1.82) is 0 Å². The summed E-state index contributed by atoms with van der Waals surface area (Å²) < 4.78 is 0. The number of likely N-dealkylation sites (tertiary alicyclic amines) is 1. The minimum Gasteiger partial charge on any atom is -0.326 e. The summed E-state index contributed by atoms with van der Waals surface area (Å²) in [5.41, 5.74) is 5.88. The van der Waals surface area contributed by atoms with E-state index < -0.39 is 0 Å². The molecule has 2 fully saturated rings. The van der Waals surface area contributed by atoms with Gasteiger partial charge < -0.3 is 5.73 Å². The first-order chi connectivity index (χ1) is 5.86. The Morgan fingerprint density at radius 2 is 1.92 bits per heavy atom. The molecule has 2 nitrogen and oxygen atoms in total. The first-order valence-corrected chi connectivity index (χ1v) is 6.09. The highest BCUT2D eigenvalue weighted by molar-refractivity contribution is 7.99. The van der Waals surface area contributed by atoms with Crippen molar-refractivity contribution in [3.05, 3.63) is 0 Å². The standard InChI is InChI=1S/C9H18N2S/c10-8-1-4-11(7-8)9-2-5-12-6-3-9/h8-9H,1-7,10H2/t8-/m0/s1. The summed E-state index contributed by atoms with van der Waals surface area (Å²) in [6, 6.07) is 1.32. The van der Waals surface area contributed by atoms with Crippen LogP contribution < -0.4 is 5.73 Å². The van der Waals surface area contributed by atoms with Crippen molar-refractivity contribution < 1.29 is 0 Å². The summed E-state index contributed by atoms with van der Waals surface area (Å²) in [6.07, 6.45) is 3.98. The van der Waals surface area contributed by atoms with Gasteiger partial charge in [0.2, 0.25) is 0 Å². The molecule has 0 aromatic heterocycles. The van der Waals surface area contributed by atoms with E-state index in [-0.39, 0.29) is 0 Å². The van der Waals surface area contributed by atoms with Crippen LogP contribution in [0.3, 0.4) is 0 Å². The molecule has 0 spiro atoms. The monoisotopic (exact) mass is 186 g/mol. The maximum absolute atomic E-state index is 5.88. The minimum absolute atomic E-state index is 0.458. The third kappa shape index (κ3) is 1.95. The highest BCUT2D eigenvalue weighted by atomic mass is 32.2. The van der Waals surface area contributed by atoms with Crippen molar-refractivity contribution in [3.63, 3.8) is 0 Å². The summed E-state index contributed by atoms with van der Waals surface area (Å²) in [6.45, 7) is 2.39. The van der Waals surface area contributed by atoms with E-state index in [0.29, 0.717) is 6.04 Å². The highest BCUT2D eigenvalue weighted by Gasteiger charge is 2.26. The zero-order chi connectivity index (χ0) is 8.39. The second-order valence-corrected chi connectivity index (χ2v) is 5.11. The molecule has 0 bridgehead atoms. The molecule has 2 N–H and O–H groups in total. The Labute approximate surface area is 78.9 Å². The van der Waals surface area contributed by atoms with E-state index in [1.165, 1.54) is 37.3 Å². The van der Waals surface area contributed by atoms with Gasteiger partial charge in [-0.3, -0.25) is 4.90 Å². The topological polar surface area (TPSA) is 29.3 Å². The number of rotatable bonds is 1. The van der Waals surface area contributed by atoms with Gasteiger partial charge in [0, 0.05) is 25.2 Å². The van der Waals surface area contributed by atoms with Crippen LogP contribution in [0.4, 0.5) is 0 Å². The van der Waals surface area contributed by atoms with Gasteiger partial charge in [0.05, 0.1) is 0 Å². The summed E-state index contributed by atoms with van der Waals surface area (Å²) in [4.78, 5) is 2.60. The molecule has 2 aliphatic heterocycles. The van der Waals surface area contributed by atoms with Crippen molar-refractivity contribution in [2.75, 3.05) is 24.6 Å². The van der Waals surface area contributed by atoms with Gasteiger partial charge in [-0.05, 0) is 30.8 Å². The van der Waals surface area contributed by atoms with E-state index in [9.17, 15) is 0 Å². The number of nitrogens with zero attached hydrogens (tertiary/aromatic N) is 1. The second kappa shape index (κ2) is 3.99. The maximum atomic E-state index is 5.88. The van der Waals surface area contributed by atoms with Gasteiger partial charge in [0.25, 0.3) is 0 Å². The normalized spacial score (nSPS) is 34.2. The fraction of sp³-hybridized carbons (Fsp3) is 1.00. The summed E-state index contributed by atoms with van der Waals surface area (Å²) in [5.74, 6) is 2.72. The molecule has 12 heavy (non-hydrogen) atoms. The lowest BCUT2D eigenvalue weighted by Crippen LogP contribution is -2.37. The third-order valence-corrected chi connectivity index (χ3v) is 4.01. The predicted octanol–water partition coefficient (Wildman–Crippen LogP) is 0.915. The van der Waals surface area contributed by atoms with Crippen LogP contribution >= 0.6 is 11.8 Å². The van der Waals surface area contributed by atoms with Crippen LogP contribution in [0.15, 0.2) is 0 Å². The average Bonchev–Trinajstić information content (AvgIpc) is 2.54. The van der Waals surface area contributed by atoms with Crippen molar-refractivity contribution in [2.45, 2.75) is 31.3 Å². The number of nitrogens with two attached hydrogens (primary N) is 1. The first-order valence-electron chi connectivity index (χ1n) is 4.93. The SMILES string of the molecule is N[C@H]1CCN(C2CCSCC2)C1. The minimum atomic E-state index is 0.458. The Morgan fingerprint density at radius 3 is 2.50 bits per heavy atom. The molecule has 2 heterocycles. The van der Waals surface area contributed by atoms with Gasteiger partial charge in [-0.25, -0.2) is 0 Å². The molecule has 0 saturated carbocycles. The zero-order valence-electron chi connectivity index (χ0n) is 7.54. The molecule has 2 saturated heterocycles. The number of thioether (sulfide) groups is 1. The molecule has 0 aliphatic carbocycles. The molecule has 2 rings (SSSR count). The van der Waals surface area contributed by atoms with Gasteiger partial charge in [0.1, 0.15) is 0 Å². The van der Waals surface area contributed by atoms with Crippen molar-refractivity contribution in [2.24, 2.45) is 5.73 Å².